The molecule has 0 spiro atoms. The Kier molecular flexibility index (Phi) is 7.25. The van der Waals surface area contributed by atoms with Crippen molar-refractivity contribution in [2.24, 2.45) is 4.99 Å². The van der Waals surface area contributed by atoms with Crippen LogP contribution in [0.3, 0.4) is 0 Å². The fourth-order valence-electron chi connectivity index (χ4n) is 2.40. The van der Waals surface area contributed by atoms with E-state index in [1.165, 1.54) is 4.88 Å². The van der Waals surface area contributed by atoms with Gasteiger partial charge in [0, 0.05) is 37.3 Å². The average Bonchev–Trinajstić information content (AvgIpc) is 3.30. The SMILES string of the molecule is CCc1cnc(CNC(=NC)NCCN(C(=O)OC(C)(C)C)C2CC2)s1. The molecule has 7 nitrogen and oxygen atoms in total. The van der Waals surface area contributed by atoms with Crippen LogP contribution in [0.5, 0.6) is 0 Å². The van der Waals surface area contributed by atoms with E-state index in [0.29, 0.717) is 31.6 Å². The van der Waals surface area contributed by atoms with Crippen LogP contribution in [0, 0.1) is 0 Å². The summed E-state index contributed by atoms with van der Waals surface area (Å²) in [6.07, 6.45) is 4.80. The summed E-state index contributed by atoms with van der Waals surface area (Å²) in [5, 5.41) is 7.56. The Morgan fingerprint density at radius 3 is 2.69 bits per heavy atom. The summed E-state index contributed by atoms with van der Waals surface area (Å²) in [6, 6.07) is 0.310. The van der Waals surface area contributed by atoms with Gasteiger partial charge in [0.25, 0.3) is 0 Å². The van der Waals surface area contributed by atoms with Crippen molar-refractivity contribution in [3.8, 4) is 0 Å². The van der Waals surface area contributed by atoms with Gasteiger partial charge in [-0.2, -0.15) is 0 Å². The molecule has 1 fully saturated rings. The predicted octanol–water partition coefficient (Wildman–Crippen LogP) is 2.77. The number of carbonyl (C=O) groups is 1. The maximum Gasteiger partial charge on any atom is 0.410 e. The molecule has 1 aliphatic rings. The quantitative estimate of drug-likeness (QED) is 0.561. The highest BCUT2D eigenvalue weighted by Crippen LogP contribution is 2.28. The number of amides is 1. The van der Waals surface area contributed by atoms with Gasteiger partial charge in [-0.25, -0.2) is 9.78 Å². The van der Waals surface area contributed by atoms with Crippen molar-refractivity contribution in [2.45, 2.75) is 65.1 Å². The van der Waals surface area contributed by atoms with Gasteiger partial charge in [-0.15, -0.1) is 11.3 Å². The van der Waals surface area contributed by atoms with E-state index in [1.807, 2.05) is 31.9 Å². The molecule has 1 aliphatic carbocycles. The topological polar surface area (TPSA) is 78.9 Å². The largest absolute Gasteiger partial charge is 0.444 e. The molecule has 0 aliphatic heterocycles. The van der Waals surface area contributed by atoms with Gasteiger partial charge in [-0.1, -0.05) is 6.92 Å². The summed E-state index contributed by atoms with van der Waals surface area (Å²) < 4.78 is 5.51. The van der Waals surface area contributed by atoms with Crippen LogP contribution in [-0.2, 0) is 17.7 Å². The first kappa shape index (κ1) is 20.5. The number of carbonyl (C=O) groups excluding carboxylic acids is 1. The number of nitrogens with one attached hydrogen (secondary N) is 2. The highest BCUT2D eigenvalue weighted by Gasteiger charge is 2.34. The van der Waals surface area contributed by atoms with Gasteiger partial charge in [-0.3, -0.25) is 4.99 Å². The molecule has 1 amide bonds. The van der Waals surface area contributed by atoms with Gasteiger partial charge < -0.3 is 20.3 Å². The Labute approximate surface area is 160 Å². The summed E-state index contributed by atoms with van der Waals surface area (Å²) in [7, 11) is 1.74. The fraction of sp³-hybridized carbons (Fsp3) is 0.722. The van der Waals surface area contributed by atoms with Gasteiger partial charge in [0.2, 0.25) is 0 Å². The third kappa shape index (κ3) is 6.82. The summed E-state index contributed by atoms with van der Waals surface area (Å²) in [5.74, 6) is 0.707. The third-order valence-corrected chi connectivity index (χ3v) is 4.98. The minimum absolute atomic E-state index is 0.236. The number of hydrogen-bond acceptors (Lipinski definition) is 5. The summed E-state index contributed by atoms with van der Waals surface area (Å²) in [4.78, 5) is 24.1. The first-order chi connectivity index (χ1) is 12.3. The predicted molar refractivity (Wildman–Crippen MR) is 106 cm³/mol. The lowest BCUT2D eigenvalue weighted by atomic mass is 10.2. The van der Waals surface area contributed by atoms with Crippen LogP contribution in [0.15, 0.2) is 11.2 Å². The number of rotatable bonds is 7. The second-order valence-corrected chi connectivity index (χ2v) is 8.53. The zero-order valence-electron chi connectivity index (χ0n) is 16.5. The lowest BCUT2D eigenvalue weighted by Gasteiger charge is -2.27. The molecule has 0 aromatic carbocycles. The smallest absolute Gasteiger partial charge is 0.410 e. The Morgan fingerprint density at radius 1 is 1.42 bits per heavy atom. The van der Waals surface area contributed by atoms with Crippen molar-refractivity contribution in [3.05, 3.63) is 16.1 Å². The number of aryl methyl sites for hydroxylation is 1. The van der Waals surface area contributed by atoms with E-state index < -0.39 is 5.60 Å². The standard InChI is InChI=1S/C18H31N5O2S/c1-6-14-11-21-15(26-14)12-22-16(19-5)20-9-10-23(13-7-8-13)17(24)25-18(2,3)4/h11,13H,6-10,12H2,1-5H3,(H2,19,20,22). The van der Waals surface area contributed by atoms with Crippen molar-refractivity contribution in [1.29, 1.82) is 0 Å². The van der Waals surface area contributed by atoms with Crippen molar-refractivity contribution >= 4 is 23.4 Å². The van der Waals surface area contributed by atoms with Crippen LogP contribution in [-0.4, -0.2) is 53.7 Å². The Balaban J connectivity index is 1.76. The molecule has 0 radical (unpaired) electrons. The minimum atomic E-state index is -0.472. The molecule has 1 saturated carbocycles. The molecule has 146 valence electrons. The second kappa shape index (κ2) is 9.21. The van der Waals surface area contributed by atoms with E-state index in [4.69, 9.17) is 4.74 Å². The molecule has 1 aromatic heterocycles. The van der Waals surface area contributed by atoms with Crippen molar-refractivity contribution in [1.82, 2.24) is 20.5 Å². The van der Waals surface area contributed by atoms with E-state index in [0.717, 1.165) is 24.3 Å². The lowest BCUT2D eigenvalue weighted by molar-refractivity contribution is 0.0238. The number of aliphatic imine (C=N–C) groups is 1. The number of ether oxygens (including phenoxy) is 1. The number of thiazole rings is 1. The molecule has 2 N–H and O–H groups in total. The zero-order chi connectivity index (χ0) is 19.2. The molecule has 8 heteroatoms. The van der Waals surface area contributed by atoms with E-state index in [9.17, 15) is 4.79 Å². The summed E-state index contributed by atoms with van der Waals surface area (Å²) >= 11 is 1.71. The van der Waals surface area contributed by atoms with E-state index in [1.54, 1.807) is 18.4 Å². The van der Waals surface area contributed by atoms with Crippen molar-refractivity contribution < 1.29 is 9.53 Å². The maximum absolute atomic E-state index is 12.4. The minimum Gasteiger partial charge on any atom is -0.444 e. The Morgan fingerprint density at radius 2 is 2.15 bits per heavy atom. The molecule has 0 unspecified atom stereocenters. The van der Waals surface area contributed by atoms with E-state index in [2.05, 4.69) is 27.5 Å². The monoisotopic (exact) mass is 381 g/mol. The number of aromatic nitrogens is 1. The van der Waals surface area contributed by atoms with Gasteiger partial charge >= 0.3 is 6.09 Å². The van der Waals surface area contributed by atoms with Crippen molar-refractivity contribution in [3.63, 3.8) is 0 Å². The zero-order valence-corrected chi connectivity index (χ0v) is 17.3. The molecular formula is C18H31N5O2S. The molecule has 0 bridgehead atoms. The maximum atomic E-state index is 12.4. The van der Waals surface area contributed by atoms with Crippen LogP contribution >= 0.6 is 11.3 Å². The highest BCUT2D eigenvalue weighted by atomic mass is 32.1. The van der Waals surface area contributed by atoms with Crippen LogP contribution in [0.4, 0.5) is 4.79 Å². The lowest BCUT2D eigenvalue weighted by Crippen LogP contribution is -2.45. The van der Waals surface area contributed by atoms with E-state index >= 15 is 0 Å². The molecule has 0 saturated heterocycles. The van der Waals surface area contributed by atoms with Gasteiger partial charge in [0.05, 0.1) is 6.54 Å². The summed E-state index contributed by atoms with van der Waals surface area (Å²) in [5.41, 5.74) is -0.472. The second-order valence-electron chi connectivity index (χ2n) is 7.33. The molecular weight excluding hydrogens is 350 g/mol. The molecule has 2 rings (SSSR count). The molecule has 1 aromatic rings. The average molecular weight is 382 g/mol. The number of hydrogen-bond donors (Lipinski definition) is 2. The van der Waals surface area contributed by atoms with Gasteiger partial charge in [0.1, 0.15) is 10.6 Å². The molecule has 1 heterocycles. The first-order valence-electron chi connectivity index (χ1n) is 9.20. The highest BCUT2D eigenvalue weighted by molar-refractivity contribution is 7.11. The van der Waals surface area contributed by atoms with Crippen LogP contribution in [0.25, 0.3) is 0 Å². The van der Waals surface area contributed by atoms with Crippen LogP contribution in [0.2, 0.25) is 0 Å². The van der Waals surface area contributed by atoms with Gasteiger partial charge in [-0.05, 0) is 40.0 Å². The van der Waals surface area contributed by atoms with Crippen LogP contribution in [0.1, 0.15) is 50.4 Å². The normalized spacial score (nSPS) is 14.9. The summed E-state index contributed by atoms with van der Waals surface area (Å²) in [6.45, 7) is 9.66. The Hall–Kier alpha value is -1.83. The molecule has 0 atom stereocenters. The third-order valence-electron chi connectivity index (χ3n) is 3.84. The number of nitrogens with zero attached hydrogens (tertiary/aromatic N) is 3. The van der Waals surface area contributed by atoms with Crippen LogP contribution < -0.4 is 10.6 Å². The first-order valence-corrected chi connectivity index (χ1v) is 10.0. The van der Waals surface area contributed by atoms with Gasteiger partial charge in [0.15, 0.2) is 5.96 Å². The number of guanidine groups is 1. The van der Waals surface area contributed by atoms with Crippen molar-refractivity contribution in [2.75, 3.05) is 20.1 Å². The Bertz CT molecular complexity index is 619. The fourth-order valence-corrected chi connectivity index (χ4v) is 3.20. The van der Waals surface area contributed by atoms with E-state index in [-0.39, 0.29) is 6.09 Å². The molecule has 26 heavy (non-hydrogen) atoms.